The highest BCUT2D eigenvalue weighted by Crippen LogP contribution is 2.60. The maximum atomic E-state index is 14.1. The van der Waals surface area contributed by atoms with Crippen molar-refractivity contribution in [3.05, 3.63) is 59.7 Å². The predicted octanol–water partition coefficient (Wildman–Crippen LogP) is 5.80. The van der Waals surface area contributed by atoms with Gasteiger partial charge in [-0.1, -0.05) is 43.5 Å². The highest BCUT2D eigenvalue weighted by molar-refractivity contribution is 7.92. The SMILES string of the molecule is COc1cccc(CN(C(=O)CN(c2ccc(C34CC5CC(CC(C5)C3)C4)cc2)S(C)(=O)=O)[C@H](C)C(=O)NC2CCCCC2)c1. The van der Waals surface area contributed by atoms with Gasteiger partial charge in [0.05, 0.1) is 19.1 Å². The zero-order valence-electron chi connectivity index (χ0n) is 27.0. The summed E-state index contributed by atoms with van der Waals surface area (Å²) in [5.74, 6) is 2.44. The van der Waals surface area contributed by atoms with E-state index in [1.165, 1.54) is 59.7 Å². The Kier molecular flexibility index (Phi) is 9.19. The van der Waals surface area contributed by atoms with Crippen molar-refractivity contribution in [2.75, 3.05) is 24.2 Å². The van der Waals surface area contributed by atoms with Gasteiger partial charge in [0.25, 0.3) is 0 Å². The average Bonchev–Trinajstić information content (AvgIpc) is 3.01. The maximum Gasteiger partial charge on any atom is 0.244 e. The van der Waals surface area contributed by atoms with E-state index in [1.807, 2.05) is 36.4 Å². The molecule has 7 rings (SSSR count). The molecule has 2 amide bonds. The van der Waals surface area contributed by atoms with E-state index in [-0.39, 0.29) is 30.5 Å². The summed E-state index contributed by atoms with van der Waals surface area (Å²) in [6.07, 6.45) is 14.1. The third-order valence-corrected chi connectivity index (χ3v) is 12.2. The minimum absolute atomic E-state index is 0.0995. The zero-order valence-corrected chi connectivity index (χ0v) is 27.9. The van der Waals surface area contributed by atoms with Gasteiger partial charge in [0, 0.05) is 12.6 Å². The summed E-state index contributed by atoms with van der Waals surface area (Å²) < 4.78 is 32.9. The standard InChI is InChI=1S/C36H49N3O5S/c1-25(35(41)37-31-9-5-4-6-10-31)38(23-26-8-7-11-33(19-26)44-2)34(40)24-39(45(3,42)43)32-14-12-30(13-15-32)36-20-27-16-28(21-36)18-29(17-27)22-36/h7-8,11-15,19,25,27-29,31H,4-6,9-10,16-18,20-24H2,1-3H3,(H,37,41)/t25-,27?,28?,29?,36?/m1/s1. The highest BCUT2D eigenvalue weighted by Gasteiger charge is 2.51. The number of hydrogen-bond donors (Lipinski definition) is 1. The highest BCUT2D eigenvalue weighted by atomic mass is 32.2. The molecule has 5 fully saturated rings. The van der Waals surface area contributed by atoms with Gasteiger partial charge in [-0.05, 0) is 117 Å². The molecule has 0 heterocycles. The van der Waals surface area contributed by atoms with Crippen LogP contribution in [0.3, 0.4) is 0 Å². The molecule has 8 nitrogen and oxygen atoms in total. The number of benzene rings is 2. The monoisotopic (exact) mass is 635 g/mol. The van der Waals surface area contributed by atoms with Gasteiger partial charge < -0.3 is 15.0 Å². The van der Waals surface area contributed by atoms with Crippen molar-refractivity contribution in [2.45, 2.75) is 102 Å². The van der Waals surface area contributed by atoms with Crippen LogP contribution in [0.2, 0.25) is 0 Å². The van der Waals surface area contributed by atoms with Crippen LogP contribution in [-0.2, 0) is 31.6 Å². The normalized spacial score (nSPS) is 26.7. The molecule has 0 aliphatic heterocycles. The minimum atomic E-state index is -3.79. The second kappa shape index (κ2) is 13.0. The van der Waals surface area contributed by atoms with Crippen molar-refractivity contribution < 1.29 is 22.7 Å². The second-order valence-electron chi connectivity index (χ2n) is 14.4. The van der Waals surface area contributed by atoms with Gasteiger partial charge in [-0.25, -0.2) is 8.42 Å². The van der Waals surface area contributed by atoms with Crippen LogP contribution >= 0.6 is 0 Å². The molecule has 0 saturated heterocycles. The van der Waals surface area contributed by atoms with E-state index in [0.29, 0.717) is 11.4 Å². The molecule has 1 atom stereocenters. The van der Waals surface area contributed by atoms with Crippen LogP contribution in [0.25, 0.3) is 0 Å². The summed E-state index contributed by atoms with van der Waals surface area (Å²) in [6, 6.07) is 14.6. The molecule has 244 valence electrons. The molecule has 0 aromatic heterocycles. The van der Waals surface area contributed by atoms with Crippen LogP contribution in [0.4, 0.5) is 5.69 Å². The van der Waals surface area contributed by atoms with E-state index in [1.54, 1.807) is 14.0 Å². The quantitative estimate of drug-likeness (QED) is 0.337. The van der Waals surface area contributed by atoms with Crippen molar-refractivity contribution in [3.63, 3.8) is 0 Å². The van der Waals surface area contributed by atoms with Crippen molar-refractivity contribution >= 4 is 27.5 Å². The van der Waals surface area contributed by atoms with Crippen molar-refractivity contribution in [1.82, 2.24) is 10.2 Å². The number of ether oxygens (including phenoxy) is 1. The third kappa shape index (κ3) is 7.03. The van der Waals surface area contributed by atoms with Crippen LogP contribution in [0.1, 0.15) is 88.7 Å². The summed E-state index contributed by atoms with van der Waals surface area (Å²) in [5, 5.41) is 3.15. The summed E-state index contributed by atoms with van der Waals surface area (Å²) >= 11 is 0. The third-order valence-electron chi connectivity index (χ3n) is 11.1. The van der Waals surface area contributed by atoms with Gasteiger partial charge in [-0.15, -0.1) is 0 Å². The lowest BCUT2D eigenvalue weighted by Crippen LogP contribution is -2.53. The molecule has 0 unspecified atom stereocenters. The topological polar surface area (TPSA) is 96.0 Å². The van der Waals surface area contributed by atoms with Gasteiger partial charge >= 0.3 is 0 Å². The minimum Gasteiger partial charge on any atom is -0.497 e. The van der Waals surface area contributed by atoms with E-state index >= 15 is 0 Å². The van der Waals surface area contributed by atoms with Crippen molar-refractivity contribution in [3.8, 4) is 5.75 Å². The summed E-state index contributed by atoms with van der Waals surface area (Å²) in [7, 11) is -2.21. The Morgan fingerprint density at radius 2 is 1.58 bits per heavy atom. The molecule has 0 spiro atoms. The number of sulfonamides is 1. The maximum absolute atomic E-state index is 14.1. The first-order valence-electron chi connectivity index (χ1n) is 16.8. The molecule has 1 N–H and O–H groups in total. The first-order valence-corrected chi connectivity index (χ1v) is 18.7. The van der Waals surface area contributed by atoms with Gasteiger partial charge in [0.1, 0.15) is 18.3 Å². The Hall–Kier alpha value is -3.07. The van der Waals surface area contributed by atoms with Gasteiger partial charge in [0.2, 0.25) is 21.8 Å². The van der Waals surface area contributed by atoms with E-state index in [0.717, 1.165) is 55.3 Å². The first kappa shape index (κ1) is 31.9. The molecular formula is C36H49N3O5S. The fourth-order valence-electron chi connectivity index (χ4n) is 9.18. The number of carbonyl (C=O) groups excluding carboxylic acids is 2. The summed E-state index contributed by atoms with van der Waals surface area (Å²) in [6.45, 7) is 1.49. The van der Waals surface area contributed by atoms with Crippen LogP contribution < -0.4 is 14.4 Å². The fraction of sp³-hybridized carbons (Fsp3) is 0.611. The number of carbonyl (C=O) groups is 2. The molecule has 4 bridgehead atoms. The second-order valence-corrected chi connectivity index (χ2v) is 16.3. The summed E-state index contributed by atoms with van der Waals surface area (Å²) in [4.78, 5) is 29.0. The van der Waals surface area contributed by atoms with Crippen LogP contribution in [0.5, 0.6) is 5.75 Å². The Morgan fingerprint density at radius 3 is 2.16 bits per heavy atom. The lowest BCUT2D eigenvalue weighted by molar-refractivity contribution is -0.139. The Balaban J connectivity index is 1.23. The Labute approximate surface area is 268 Å². The molecule has 2 aromatic rings. The van der Waals surface area contributed by atoms with Crippen molar-refractivity contribution in [2.24, 2.45) is 17.8 Å². The number of nitrogens with zero attached hydrogens (tertiary/aromatic N) is 2. The number of hydrogen-bond acceptors (Lipinski definition) is 5. The largest absolute Gasteiger partial charge is 0.497 e. The van der Waals surface area contributed by atoms with E-state index in [2.05, 4.69) is 17.4 Å². The van der Waals surface area contributed by atoms with E-state index in [4.69, 9.17) is 4.74 Å². The van der Waals surface area contributed by atoms with Crippen LogP contribution in [0.15, 0.2) is 48.5 Å². The average molecular weight is 636 g/mol. The number of methoxy groups -OCH3 is 1. The van der Waals surface area contributed by atoms with Crippen LogP contribution in [0, 0.1) is 17.8 Å². The fourth-order valence-corrected chi connectivity index (χ4v) is 10.0. The number of anilines is 1. The molecule has 5 saturated carbocycles. The number of amides is 2. The molecular weight excluding hydrogens is 586 g/mol. The lowest BCUT2D eigenvalue weighted by atomic mass is 9.48. The Bertz CT molecular complexity index is 1450. The van der Waals surface area contributed by atoms with Crippen LogP contribution in [-0.4, -0.2) is 57.1 Å². The number of nitrogens with one attached hydrogen (secondary N) is 1. The van der Waals surface area contributed by atoms with Gasteiger partial charge in [-0.2, -0.15) is 0 Å². The molecule has 9 heteroatoms. The summed E-state index contributed by atoms with van der Waals surface area (Å²) in [5.41, 5.74) is 2.77. The first-order chi connectivity index (χ1) is 21.5. The molecule has 5 aliphatic rings. The zero-order chi connectivity index (χ0) is 31.8. The van der Waals surface area contributed by atoms with Gasteiger partial charge in [-0.3, -0.25) is 13.9 Å². The molecule has 0 radical (unpaired) electrons. The lowest BCUT2D eigenvalue weighted by Gasteiger charge is -2.57. The van der Waals surface area contributed by atoms with E-state index in [9.17, 15) is 18.0 Å². The van der Waals surface area contributed by atoms with Gasteiger partial charge in [0.15, 0.2) is 0 Å². The molecule has 2 aromatic carbocycles. The smallest absolute Gasteiger partial charge is 0.244 e. The Morgan fingerprint density at radius 1 is 0.956 bits per heavy atom. The number of rotatable bonds is 11. The van der Waals surface area contributed by atoms with Crippen molar-refractivity contribution in [1.29, 1.82) is 0 Å². The van der Waals surface area contributed by atoms with E-state index < -0.39 is 22.0 Å². The molecule has 5 aliphatic carbocycles. The predicted molar refractivity (Wildman–Crippen MR) is 177 cm³/mol. The molecule has 45 heavy (non-hydrogen) atoms.